The van der Waals surface area contributed by atoms with Crippen LogP contribution in [0.5, 0.6) is 17.2 Å². The molecule has 0 unspecified atom stereocenters. The first kappa shape index (κ1) is 25.6. The van der Waals surface area contributed by atoms with Gasteiger partial charge in [-0.25, -0.2) is 4.79 Å². The Morgan fingerprint density at radius 2 is 1.63 bits per heavy atom. The quantitative estimate of drug-likeness (QED) is 0.412. The molecule has 0 saturated carbocycles. The molecule has 1 N–H and O–H groups in total. The number of nitrogens with zero attached hydrogens (tertiary/aromatic N) is 1. The molecular formula is C28H31NO6. The van der Waals surface area contributed by atoms with Gasteiger partial charge in [-0.15, -0.1) is 0 Å². The Hall–Kier alpha value is -4.00. The molecule has 0 bridgehead atoms. The molecular weight excluding hydrogens is 446 g/mol. The number of hydrogen-bond acceptors (Lipinski definition) is 5. The van der Waals surface area contributed by atoms with Crippen molar-refractivity contribution in [2.24, 2.45) is 0 Å². The standard InChI is InChI=1S/C28H31NO6/c1-19(2)21-13-14-24(23(15-21)28(31)32)35-18-26(30)29(16-20-9-6-5-7-10-20)17-22-11-8-12-25(33-3)27(22)34-4/h5-15,19H,16-18H2,1-4H3,(H,31,32). The number of carboxylic acid groups (broad SMARTS) is 1. The van der Waals surface area contributed by atoms with Crippen LogP contribution in [-0.2, 0) is 17.9 Å². The molecule has 184 valence electrons. The second kappa shape index (κ2) is 11.9. The molecule has 0 fully saturated rings. The largest absolute Gasteiger partial charge is 0.493 e. The Balaban J connectivity index is 1.85. The molecule has 35 heavy (non-hydrogen) atoms. The van der Waals surface area contributed by atoms with Crippen LogP contribution in [0.15, 0.2) is 66.7 Å². The lowest BCUT2D eigenvalue weighted by molar-refractivity contribution is -0.134. The van der Waals surface area contributed by atoms with Crippen LogP contribution in [0.4, 0.5) is 0 Å². The zero-order valence-corrected chi connectivity index (χ0v) is 20.5. The van der Waals surface area contributed by atoms with Crippen molar-refractivity contribution in [1.29, 1.82) is 0 Å². The molecule has 0 radical (unpaired) electrons. The number of carbonyl (C=O) groups excluding carboxylic acids is 1. The molecule has 0 heterocycles. The zero-order chi connectivity index (χ0) is 25.4. The molecule has 0 aromatic heterocycles. The van der Waals surface area contributed by atoms with Crippen molar-refractivity contribution >= 4 is 11.9 Å². The van der Waals surface area contributed by atoms with Gasteiger partial charge in [-0.3, -0.25) is 4.79 Å². The lowest BCUT2D eigenvalue weighted by atomic mass is 10.0. The third kappa shape index (κ3) is 6.53. The number of methoxy groups -OCH3 is 2. The first-order valence-electron chi connectivity index (χ1n) is 11.4. The van der Waals surface area contributed by atoms with E-state index in [1.807, 2.05) is 62.4 Å². The summed E-state index contributed by atoms with van der Waals surface area (Å²) in [5, 5.41) is 9.64. The van der Waals surface area contributed by atoms with E-state index in [2.05, 4.69) is 0 Å². The molecule has 0 aliphatic carbocycles. The molecule has 0 saturated heterocycles. The van der Waals surface area contributed by atoms with Crippen molar-refractivity contribution in [3.8, 4) is 17.2 Å². The van der Waals surface area contributed by atoms with E-state index in [4.69, 9.17) is 14.2 Å². The van der Waals surface area contributed by atoms with Gasteiger partial charge in [-0.05, 0) is 35.2 Å². The highest BCUT2D eigenvalue weighted by Crippen LogP contribution is 2.32. The first-order chi connectivity index (χ1) is 16.8. The van der Waals surface area contributed by atoms with E-state index in [0.717, 1.165) is 16.7 Å². The van der Waals surface area contributed by atoms with Gasteiger partial charge in [0.1, 0.15) is 11.3 Å². The first-order valence-corrected chi connectivity index (χ1v) is 11.4. The van der Waals surface area contributed by atoms with Gasteiger partial charge >= 0.3 is 5.97 Å². The summed E-state index contributed by atoms with van der Waals surface area (Å²) in [7, 11) is 3.12. The van der Waals surface area contributed by atoms with Crippen LogP contribution in [0.2, 0.25) is 0 Å². The Kier molecular flexibility index (Phi) is 8.73. The average molecular weight is 478 g/mol. The number of rotatable bonds is 11. The van der Waals surface area contributed by atoms with Crippen molar-refractivity contribution in [1.82, 2.24) is 4.90 Å². The van der Waals surface area contributed by atoms with Crippen LogP contribution < -0.4 is 14.2 Å². The van der Waals surface area contributed by atoms with Crippen molar-refractivity contribution in [3.63, 3.8) is 0 Å². The number of carboxylic acids is 1. The number of para-hydroxylation sites is 1. The van der Waals surface area contributed by atoms with Gasteiger partial charge in [0.25, 0.3) is 5.91 Å². The number of amides is 1. The maximum atomic E-state index is 13.3. The molecule has 7 nitrogen and oxygen atoms in total. The number of hydrogen-bond donors (Lipinski definition) is 1. The summed E-state index contributed by atoms with van der Waals surface area (Å²) in [5.74, 6) is 0.0704. The summed E-state index contributed by atoms with van der Waals surface area (Å²) < 4.78 is 16.7. The third-order valence-electron chi connectivity index (χ3n) is 5.67. The Morgan fingerprint density at radius 1 is 0.886 bits per heavy atom. The SMILES string of the molecule is COc1cccc(CN(Cc2ccccc2)C(=O)COc2ccc(C(C)C)cc2C(=O)O)c1OC. The summed E-state index contributed by atoms with van der Waals surface area (Å²) in [6.07, 6.45) is 0. The Morgan fingerprint density at radius 3 is 2.26 bits per heavy atom. The molecule has 1 amide bonds. The maximum absolute atomic E-state index is 13.3. The van der Waals surface area contributed by atoms with Crippen LogP contribution in [0, 0.1) is 0 Å². The highest BCUT2D eigenvalue weighted by Gasteiger charge is 2.21. The topological polar surface area (TPSA) is 85.3 Å². The van der Waals surface area contributed by atoms with Crippen LogP contribution in [-0.4, -0.2) is 42.7 Å². The molecule has 3 rings (SSSR count). The van der Waals surface area contributed by atoms with Gasteiger partial charge in [0.05, 0.1) is 14.2 Å². The van der Waals surface area contributed by atoms with Gasteiger partial charge in [0.15, 0.2) is 18.1 Å². The number of aromatic carboxylic acids is 1. The van der Waals surface area contributed by atoms with Crippen LogP contribution in [0.3, 0.4) is 0 Å². The van der Waals surface area contributed by atoms with E-state index < -0.39 is 5.97 Å². The smallest absolute Gasteiger partial charge is 0.339 e. The second-order valence-corrected chi connectivity index (χ2v) is 8.39. The number of carbonyl (C=O) groups is 2. The van der Waals surface area contributed by atoms with Crippen molar-refractivity contribution in [3.05, 3.63) is 89.0 Å². The maximum Gasteiger partial charge on any atom is 0.339 e. The van der Waals surface area contributed by atoms with Crippen LogP contribution in [0.1, 0.15) is 46.8 Å². The summed E-state index contributed by atoms with van der Waals surface area (Å²) in [6, 6.07) is 20.2. The van der Waals surface area contributed by atoms with Gasteiger partial charge in [0.2, 0.25) is 0 Å². The average Bonchev–Trinajstić information content (AvgIpc) is 2.86. The lowest BCUT2D eigenvalue weighted by Crippen LogP contribution is -2.34. The summed E-state index contributed by atoms with van der Waals surface area (Å²) in [5.41, 5.74) is 2.66. The van der Waals surface area contributed by atoms with Gasteiger partial charge in [0, 0.05) is 18.7 Å². The molecule has 0 aliphatic rings. The number of ether oxygens (including phenoxy) is 3. The lowest BCUT2D eigenvalue weighted by Gasteiger charge is -2.25. The van der Waals surface area contributed by atoms with E-state index in [1.165, 1.54) is 0 Å². The van der Waals surface area contributed by atoms with Crippen LogP contribution >= 0.6 is 0 Å². The fourth-order valence-electron chi connectivity index (χ4n) is 3.75. The van der Waals surface area contributed by atoms with Gasteiger partial charge in [-0.2, -0.15) is 0 Å². The zero-order valence-electron chi connectivity index (χ0n) is 20.5. The predicted octanol–water partition coefficient (Wildman–Crippen LogP) is 5.13. The molecule has 0 atom stereocenters. The van der Waals surface area contributed by atoms with Gasteiger partial charge in [-0.1, -0.05) is 62.4 Å². The fraction of sp³-hybridized carbons (Fsp3) is 0.286. The summed E-state index contributed by atoms with van der Waals surface area (Å²) in [4.78, 5) is 26.8. The minimum Gasteiger partial charge on any atom is -0.493 e. The minimum atomic E-state index is -1.10. The third-order valence-corrected chi connectivity index (χ3v) is 5.67. The van der Waals surface area contributed by atoms with Crippen molar-refractivity contribution < 1.29 is 28.9 Å². The van der Waals surface area contributed by atoms with Crippen molar-refractivity contribution in [2.45, 2.75) is 32.9 Å². The fourth-order valence-corrected chi connectivity index (χ4v) is 3.75. The highest BCUT2D eigenvalue weighted by molar-refractivity contribution is 5.91. The molecule has 0 aliphatic heterocycles. The molecule has 0 spiro atoms. The molecule has 7 heteroatoms. The predicted molar refractivity (Wildman–Crippen MR) is 133 cm³/mol. The normalized spacial score (nSPS) is 10.7. The van der Waals surface area contributed by atoms with E-state index in [1.54, 1.807) is 37.3 Å². The van der Waals surface area contributed by atoms with E-state index in [9.17, 15) is 14.7 Å². The monoisotopic (exact) mass is 477 g/mol. The Labute approximate surface area is 205 Å². The number of benzene rings is 3. The molecule has 3 aromatic rings. The highest BCUT2D eigenvalue weighted by atomic mass is 16.5. The van der Waals surface area contributed by atoms with Gasteiger partial charge < -0.3 is 24.2 Å². The van der Waals surface area contributed by atoms with E-state index >= 15 is 0 Å². The van der Waals surface area contributed by atoms with E-state index in [-0.39, 0.29) is 36.3 Å². The van der Waals surface area contributed by atoms with E-state index in [0.29, 0.717) is 18.0 Å². The Bertz CT molecular complexity index is 1160. The van der Waals surface area contributed by atoms with Crippen molar-refractivity contribution in [2.75, 3.05) is 20.8 Å². The minimum absolute atomic E-state index is 0.0353. The summed E-state index contributed by atoms with van der Waals surface area (Å²) in [6.45, 7) is 4.27. The summed E-state index contributed by atoms with van der Waals surface area (Å²) >= 11 is 0. The van der Waals surface area contributed by atoms with Crippen LogP contribution in [0.25, 0.3) is 0 Å². The second-order valence-electron chi connectivity index (χ2n) is 8.39. The molecule has 3 aromatic carbocycles.